The maximum atomic E-state index is 10.2. The summed E-state index contributed by atoms with van der Waals surface area (Å²) in [5.74, 6) is -0.126. The highest BCUT2D eigenvalue weighted by Gasteiger charge is 2.14. The number of nitrogens with zero attached hydrogens (tertiary/aromatic N) is 3. The molecule has 0 amide bonds. The van der Waals surface area contributed by atoms with Crippen molar-refractivity contribution in [2.75, 3.05) is 0 Å². The zero-order valence-electron chi connectivity index (χ0n) is 5.82. The van der Waals surface area contributed by atoms with Gasteiger partial charge in [0, 0.05) is 0 Å². The van der Waals surface area contributed by atoms with Crippen LogP contribution >= 0.6 is 15.9 Å². The number of nitro groups is 1. The van der Waals surface area contributed by atoms with E-state index in [2.05, 4.69) is 21.0 Å². The molecular weight excluding hydrogens is 214 g/mol. The molecule has 0 radical (unpaired) electrons. The molecule has 0 bridgehead atoms. The minimum absolute atomic E-state index is 0.126. The van der Waals surface area contributed by atoms with Crippen LogP contribution in [0.2, 0.25) is 0 Å². The van der Waals surface area contributed by atoms with Crippen LogP contribution in [0.1, 0.15) is 6.92 Å². The van der Waals surface area contributed by atoms with Gasteiger partial charge in [-0.2, -0.15) is 4.68 Å². The van der Waals surface area contributed by atoms with Crippen molar-refractivity contribution in [3.05, 3.63) is 20.8 Å². The summed E-state index contributed by atoms with van der Waals surface area (Å²) < 4.78 is 2.14. The molecule has 0 saturated heterocycles. The molecule has 0 saturated carbocycles. The largest absolute Gasteiger partial charge is 0.391 e. The van der Waals surface area contributed by atoms with E-state index in [0.717, 1.165) is 0 Å². The predicted octanol–water partition coefficient (Wildman–Crippen LogP) is 1.57. The van der Waals surface area contributed by atoms with Crippen LogP contribution in [0.5, 0.6) is 0 Å². The summed E-state index contributed by atoms with van der Waals surface area (Å²) in [6.07, 6.45) is 0. The van der Waals surface area contributed by atoms with E-state index in [9.17, 15) is 10.1 Å². The molecule has 0 fully saturated rings. The van der Waals surface area contributed by atoms with Gasteiger partial charge in [0.25, 0.3) is 0 Å². The Morgan fingerprint density at radius 2 is 2.55 bits per heavy atom. The lowest BCUT2D eigenvalue weighted by atomic mass is 10.6. The first-order chi connectivity index (χ1) is 5.15. The van der Waals surface area contributed by atoms with Crippen molar-refractivity contribution < 1.29 is 4.92 Å². The van der Waals surface area contributed by atoms with Crippen molar-refractivity contribution in [1.29, 1.82) is 0 Å². The Morgan fingerprint density at radius 1 is 1.91 bits per heavy atom. The topological polar surface area (TPSA) is 61.0 Å². The number of aromatic nitrogens is 2. The first-order valence-electron chi connectivity index (χ1n) is 3.03. The Balaban J connectivity index is 3.05. The maximum Gasteiger partial charge on any atom is 0.391 e. The summed E-state index contributed by atoms with van der Waals surface area (Å²) in [5, 5.41) is 13.9. The molecule has 1 aromatic rings. The van der Waals surface area contributed by atoms with Crippen molar-refractivity contribution in [2.45, 2.75) is 13.5 Å². The van der Waals surface area contributed by atoms with Gasteiger partial charge in [0.1, 0.15) is 4.60 Å². The molecule has 0 atom stereocenters. The van der Waals surface area contributed by atoms with Gasteiger partial charge in [-0.15, -0.1) is 0 Å². The van der Waals surface area contributed by atoms with E-state index < -0.39 is 4.92 Å². The number of aryl methyl sites for hydroxylation is 1. The molecule has 1 aromatic heterocycles. The van der Waals surface area contributed by atoms with E-state index in [-0.39, 0.29) is 5.82 Å². The van der Waals surface area contributed by atoms with Crippen molar-refractivity contribution in [1.82, 2.24) is 9.78 Å². The second-order valence-electron chi connectivity index (χ2n) is 1.90. The molecule has 5 nitrogen and oxygen atoms in total. The van der Waals surface area contributed by atoms with Crippen LogP contribution in [-0.2, 0) is 6.54 Å². The van der Waals surface area contributed by atoms with Crippen LogP contribution in [-0.4, -0.2) is 14.7 Å². The van der Waals surface area contributed by atoms with E-state index in [1.165, 1.54) is 10.7 Å². The third-order valence-electron chi connectivity index (χ3n) is 1.20. The average Bonchev–Trinajstić information content (AvgIpc) is 2.31. The Kier molecular flexibility index (Phi) is 2.23. The van der Waals surface area contributed by atoms with Gasteiger partial charge in [0.15, 0.2) is 0 Å². The summed E-state index contributed by atoms with van der Waals surface area (Å²) in [7, 11) is 0. The van der Waals surface area contributed by atoms with Gasteiger partial charge in [-0.1, -0.05) is 0 Å². The van der Waals surface area contributed by atoms with Gasteiger partial charge >= 0.3 is 5.82 Å². The number of hydrogen-bond donors (Lipinski definition) is 0. The van der Waals surface area contributed by atoms with Crippen LogP contribution in [0, 0.1) is 10.1 Å². The Morgan fingerprint density at radius 3 is 2.82 bits per heavy atom. The van der Waals surface area contributed by atoms with Crippen LogP contribution in [0.25, 0.3) is 0 Å². The fourth-order valence-electron chi connectivity index (χ4n) is 0.692. The van der Waals surface area contributed by atoms with Crippen LogP contribution in [0.4, 0.5) is 5.82 Å². The lowest BCUT2D eigenvalue weighted by Crippen LogP contribution is -1.97. The standard InChI is InChI=1S/C5H6BrN3O2/c1-2-8-4(6)3-5(7-8)9(10)11/h3H,2H2,1H3. The predicted molar refractivity (Wildman–Crippen MR) is 42.3 cm³/mol. The van der Waals surface area contributed by atoms with E-state index in [1.807, 2.05) is 6.92 Å². The van der Waals surface area contributed by atoms with Crippen molar-refractivity contribution >= 4 is 21.7 Å². The first kappa shape index (κ1) is 8.19. The first-order valence-corrected chi connectivity index (χ1v) is 3.82. The zero-order valence-corrected chi connectivity index (χ0v) is 7.41. The van der Waals surface area contributed by atoms with Gasteiger partial charge in [-0.25, -0.2) is 0 Å². The van der Waals surface area contributed by atoms with Crippen molar-refractivity contribution in [2.24, 2.45) is 0 Å². The Hall–Kier alpha value is -0.910. The molecule has 1 rings (SSSR count). The lowest BCUT2D eigenvalue weighted by molar-refractivity contribution is -0.389. The maximum absolute atomic E-state index is 10.2. The Labute approximate surface area is 71.3 Å². The molecule has 60 valence electrons. The smallest absolute Gasteiger partial charge is 0.358 e. The lowest BCUT2D eigenvalue weighted by Gasteiger charge is -1.87. The van der Waals surface area contributed by atoms with Gasteiger partial charge in [-0.05, 0) is 27.8 Å². The quantitative estimate of drug-likeness (QED) is 0.561. The minimum atomic E-state index is -0.517. The van der Waals surface area contributed by atoms with Crippen molar-refractivity contribution in [3.63, 3.8) is 0 Å². The van der Waals surface area contributed by atoms with E-state index in [1.54, 1.807) is 0 Å². The highest BCUT2D eigenvalue weighted by molar-refractivity contribution is 9.10. The fraction of sp³-hybridized carbons (Fsp3) is 0.400. The molecule has 0 spiro atoms. The molecule has 1 heterocycles. The normalized spacial score (nSPS) is 10.0. The second-order valence-corrected chi connectivity index (χ2v) is 2.71. The summed E-state index contributed by atoms with van der Waals surface area (Å²) in [6.45, 7) is 2.48. The molecule has 6 heteroatoms. The fourth-order valence-corrected chi connectivity index (χ4v) is 1.23. The zero-order chi connectivity index (χ0) is 8.43. The SMILES string of the molecule is CCn1nc([N+](=O)[O-])cc1Br. The second kappa shape index (κ2) is 3.00. The molecule has 11 heavy (non-hydrogen) atoms. The third-order valence-corrected chi connectivity index (χ3v) is 1.84. The minimum Gasteiger partial charge on any atom is -0.358 e. The highest BCUT2D eigenvalue weighted by Crippen LogP contribution is 2.16. The Bertz CT molecular complexity index is 283. The van der Waals surface area contributed by atoms with Gasteiger partial charge in [0.2, 0.25) is 0 Å². The van der Waals surface area contributed by atoms with Crippen LogP contribution in [0.15, 0.2) is 10.7 Å². The van der Waals surface area contributed by atoms with Crippen molar-refractivity contribution in [3.8, 4) is 0 Å². The van der Waals surface area contributed by atoms with E-state index >= 15 is 0 Å². The summed E-state index contributed by atoms with van der Waals surface area (Å²) in [6, 6.07) is 1.38. The average molecular weight is 220 g/mol. The number of rotatable bonds is 2. The summed E-state index contributed by atoms with van der Waals surface area (Å²) >= 11 is 3.14. The van der Waals surface area contributed by atoms with E-state index in [0.29, 0.717) is 11.1 Å². The molecule has 0 unspecified atom stereocenters. The van der Waals surface area contributed by atoms with Gasteiger partial charge < -0.3 is 10.1 Å². The van der Waals surface area contributed by atoms with E-state index in [4.69, 9.17) is 0 Å². The molecule has 0 N–H and O–H groups in total. The molecular formula is C5H6BrN3O2. The van der Waals surface area contributed by atoms with Gasteiger partial charge in [0.05, 0.1) is 17.7 Å². The van der Waals surface area contributed by atoms with Crippen LogP contribution in [0.3, 0.4) is 0 Å². The number of halogens is 1. The molecule has 0 aliphatic heterocycles. The molecule has 0 aliphatic rings. The molecule has 0 aliphatic carbocycles. The molecule has 0 aromatic carbocycles. The van der Waals surface area contributed by atoms with Gasteiger partial charge in [-0.3, -0.25) is 0 Å². The third kappa shape index (κ3) is 1.56. The number of hydrogen-bond acceptors (Lipinski definition) is 3. The summed E-state index contributed by atoms with van der Waals surface area (Å²) in [4.78, 5) is 9.67. The van der Waals surface area contributed by atoms with Crippen LogP contribution < -0.4 is 0 Å². The monoisotopic (exact) mass is 219 g/mol. The summed E-state index contributed by atoms with van der Waals surface area (Å²) in [5.41, 5.74) is 0. The highest BCUT2D eigenvalue weighted by atomic mass is 79.9.